The van der Waals surface area contributed by atoms with Crippen LogP contribution in [0, 0.1) is 0 Å². The average molecular weight is 434 g/mol. The van der Waals surface area contributed by atoms with Gasteiger partial charge in [0.1, 0.15) is 12.4 Å². The average Bonchev–Trinajstić information content (AvgIpc) is 3.29. The van der Waals surface area contributed by atoms with Gasteiger partial charge in [0.2, 0.25) is 6.79 Å². The van der Waals surface area contributed by atoms with E-state index in [1.807, 2.05) is 18.2 Å². The lowest BCUT2D eigenvalue weighted by Crippen LogP contribution is -2.47. The highest BCUT2D eigenvalue weighted by atomic mass is 16.7. The van der Waals surface area contributed by atoms with Gasteiger partial charge in [0, 0.05) is 32.3 Å². The van der Waals surface area contributed by atoms with Gasteiger partial charge in [-0.1, -0.05) is 0 Å². The molecule has 3 heterocycles. The lowest BCUT2D eigenvalue weighted by atomic mass is 10.1. The van der Waals surface area contributed by atoms with Crippen LogP contribution in [0.1, 0.15) is 39.0 Å². The molecule has 31 heavy (non-hydrogen) atoms. The maximum absolute atomic E-state index is 6.14. The van der Waals surface area contributed by atoms with E-state index in [4.69, 9.17) is 28.7 Å². The van der Waals surface area contributed by atoms with Crippen LogP contribution in [0.2, 0.25) is 0 Å². The minimum atomic E-state index is 0.269. The van der Waals surface area contributed by atoms with E-state index in [9.17, 15) is 0 Å². The highest BCUT2D eigenvalue weighted by Crippen LogP contribution is 2.35. The fourth-order valence-electron chi connectivity index (χ4n) is 4.12. The second kappa shape index (κ2) is 11.4. The first-order valence-corrected chi connectivity index (χ1v) is 11.6. The zero-order valence-electron chi connectivity index (χ0n) is 18.5. The van der Waals surface area contributed by atoms with E-state index in [-0.39, 0.29) is 12.9 Å². The molecular formula is C23H35N3O5. The second-order valence-corrected chi connectivity index (χ2v) is 8.11. The van der Waals surface area contributed by atoms with Crippen molar-refractivity contribution >= 4 is 5.96 Å². The van der Waals surface area contributed by atoms with Gasteiger partial charge in [0.05, 0.1) is 25.4 Å². The molecule has 3 aliphatic heterocycles. The van der Waals surface area contributed by atoms with E-state index in [1.54, 1.807) is 0 Å². The topological polar surface area (TPSA) is 73.8 Å². The third-order valence-electron chi connectivity index (χ3n) is 5.83. The molecule has 2 saturated heterocycles. The number of guanidine groups is 1. The Labute approximate surface area is 184 Å². The summed E-state index contributed by atoms with van der Waals surface area (Å²) in [4.78, 5) is 7.08. The third-order valence-corrected chi connectivity index (χ3v) is 5.83. The number of piperidine rings is 1. The quantitative estimate of drug-likeness (QED) is 0.384. The van der Waals surface area contributed by atoms with Gasteiger partial charge < -0.3 is 33.9 Å². The first kappa shape index (κ1) is 22.0. The summed E-state index contributed by atoms with van der Waals surface area (Å²) in [7, 11) is 0. The molecule has 1 atom stereocenters. The van der Waals surface area contributed by atoms with Crippen molar-refractivity contribution in [2.45, 2.75) is 51.2 Å². The molecule has 0 aliphatic carbocycles. The van der Waals surface area contributed by atoms with E-state index < -0.39 is 0 Å². The van der Waals surface area contributed by atoms with Crippen molar-refractivity contribution in [3.63, 3.8) is 0 Å². The maximum atomic E-state index is 6.14. The molecular weight excluding hydrogens is 398 g/mol. The highest BCUT2D eigenvalue weighted by molar-refractivity contribution is 5.80. The monoisotopic (exact) mass is 433 g/mol. The van der Waals surface area contributed by atoms with Gasteiger partial charge in [0.25, 0.3) is 0 Å². The van der Waals surface area contributed by atoms with Gasteiger partial charge in [0.15, 0.2) is 17.5 Å². The number of aliphatic imine (C=N–C) groups is 1. The molecule has 1 aromatic rings. The first-order chi connectivity index (χ1) is 15.3. The Morgan fingerprint density at radius 2 is 2.03 bits per heavy atom. The van der Waals surface area contributed by atoms with Crippen molar-refractivity contribution < 1.29 is 23.7 Å². The zero-order chi connectivity index (χ0) is 21.3. The Balaban J connectivity index is 1.19. The van der Waals surface area contributed by atoms with Gasteiger partial charge in [-0.15, -0.1) is 0 Å². The summed E-state index contributed by atoms with van der Waals surface area (Å²) in [6, 6.07) is 5.63. The summed E-state index contributed by atoms with van der Waals surface area (Å²) in [6.07, 6.45) is 6.21. The molecule has 8 heteroatoms. The van der Waals surface area contributed by atoms with Crippen LogP contribution in [0.4, 0.5) is 0 Å². The van der Waals surface area contributed by atoms with Crippen LogP contribution in [0.5, 0.6) is 17.2 Å². The minimum Gasteiger partial charge on any atom is -0.492 e. The molecule has 0 aromatic heterocycles. The van der Waals surface area contributed by atoms with Crippen molar-refractivity contribution in [3.05, 3.63) is 18.2 Å². The van der Waals surface area contributed by atoms with Crippen LogP contribution in [0.15, 0.2) is 23.2 Å². The number of nitrogens with zero attached hydrogens (tertiary/aromatic N) is 2. The van der Waals surface area contributed by atoms with Crippen LogP contribution in [-0.2, 0) is 9.47 Å². The smallest absolute Gasteiger partial charge is 0.231 e. The molecule has 0 bridgehead atoms. The predicted octanol–water partition coefficient (Wildman–Crippen LogP) is 2.81. The van der Waals surface area contributed by atoms with E-state index in [0.29, 0.717) is 19.3 Å². The van der Waals surface area contributed by atoms with Crippen molar-refractivity contribution in [1.82, 2.24) is 10.2 Å². The first-order valence-electron chi connectivity index (χ1n) is 11.6. The summed E-state index contributed by atoms with van der Waals surface area (Å²) in [6.45, 7) is 7.82. The number of fused-ring (bicyclic) bond motifs is 1. The molecule has 172 valence electrons. The van der Waals surface area contributed by atoms with Gasteiger partial charge in [-0.05, 0) is 51.2 Å². The molecule has 1 unspecified atom stereocenters. The largest absolute Gasteiger partial charge is 0.492 e. The number of ether oxygens (including phenoxy) is 5. The molecule has 0 spiro atoms. The van der Waals surface area contributed by atoms with Crippen LogP contribution in [0.3, 0.4) is 0 Å². The lowest BCUT2D eigenvalue weighted by Gasteiger charge is -2.35. The Hall–Kier alpha value is -2.19. The van der Waals surface area contributed by atoms with Gasteiger partial charge in [-0.2, -0.15) is 0 Å². The number of hydrogen-bond acceptors (Lipinski definition) is 6. The lowest BCUT2D eigenvalue weighted by molar-refractivity contribution is -0.0721. The van der Waals surface area contributed by atoms with Crippen LogP contribution in [-0.4, -0.2) is 75.9 Å². The highest BCUT2D eigenvalue weighted by Gasteiger charge is 2.23. The van der Waals surface area contributed by atoms with Crippen molar-refractivity contribution in [3.8, 4) is 17.2 Å². The van der Waals surface area contributed by atoms with Crippen molar-refractivity contribution in [1.29, 1.82) is 0 Å². The predicted molar refractivity (Wildman–Crippen MR) is 118 cm³/mol. The Morgan fingerprint density at radius 1 is 1.16 bits per heavy atom. The summed E-state index contributed by atoms with van der Waals surface area (Å²) >= 11 is 0. The SMILES string of the molecule is CCNC(=NCCOc1ccc2c(c1)OCO2)N1CCC(OCC2CCCCO2)CC1. The van der Waals surface area contributed by atoms with Crippen molar-refractivity contribution in [2.24, 2.45) is 4.99 Å². The number of likely N-dealkylation sites (tertiary alicyclic amines) is 1. The van der Waals surface area contributed by atoms with E-state index in [2.05, 4.69) is 17.1 Å². The molecule has 1 aromatic carbocycles. The van der Waals surface area contributed by atoms with E-state index in [0.717, 1.165) is 75.3 Å². The fourth-order valence-corrected chi connectivity index (χ4v) is 4.12. The Morgan fingerprint density at radius 3 is 2.84 bits per heavy atom. The normalized spacial score (nSPS) is 21.9. The molecule has 0 radical (unpaired) electrons. The maximum Gasteiger partial charge on any atom is 0.231 e. The molecule has 2 fully saturated rings. The number of hydrogen-bond donors (Lipinski definition) is 1. The Kier molecular flexibility index (Phi) is 8.12. The summed E-state index contributed by atoms with van der Waals surface area (Å²) in [5.41, 5.74) is 0. The molecule has 0 saturated carbocycles. The fraction of sp³-hybridized carbons (Fsp3) is 0.696. The van der Waals surface area contributed by atoms with Crippen LogP contribution in [0.25, 0.3) is 0 Å². The van der Waals surface area contributed by atoms with Gasteiger partial charge in [-0.3, -0.25) is 0 Å². The molecule has 1 N–H and O–H groups in total. The van der Waals surface area contributed by atoms with E-state index >= 15 is 0 Å². The summed E-state index contributed by atoms with van der Waals surface area (Å²) in [5.74, 6) is 3.21. The summed E-state index contributed by atoms with van der Waals surface area (Å²) in [5, 5.41) is 3.41. The Bertz CT molecular complexity index is 715. The number of nitrogens with one attached hydrogen (secondary N) is 1. The zero-order valence-corrected chi connectivity index (χ0v) is 18.5. The molecule has 4 rings (SSSR count). The minimum absolute atomic E-state index is 0.269. The number of benzene rings is 1. The molecule has 3 aliphatic rings. The molecule has 0 amide bonds. The van der Waals surface area contributed by atoms with E-state index in [1.165, 1.54) is 12.8 Å². The summed E-state index contributed by atoms with van der Waals surface area (Å²) < 4.78 is 28.5. The van der Waals surface area contributed by atoms with Gasteiger partial charge >= 0.3 is 0 Å². The molecule has 8 nitrogen and oxygen atoms in total. The van der Waals surface area contributed by atoms with Crippen LogP contribution < -0.4 is 19.5 Å². The second-order valence-electron chi connectivity index (χ2n) is 8.11. The van der Waals surface area contributed by atoms with Crippen LogP contribution >= 0.6 is 0 Å². The third kappa shape index (κ3) is 6.40. The number of rotatable bonds is 8. The standard InChI is InChI=1S/C23H35N3O5/c1-2-24-23(25-10-14-28-19-6-7-21-22(15-19)31-17-30-21)26-11-8-18(9-12-26)29-16-20-5-3-4-13-27-20/h6-7,15,18,20H,2-5,8-14,16-17H2,1H3,(H,24,25). The van der Waals surface area contributed by atoms with Crippen molar-refractivity contribution in [2.75, 3.05) is 52.8 Å². The van der Waals surface area contributed by atoms with Gasteiger partial charge in [-0.25, -0.2) is 4.99 Å².